The van der Waals surface area contributed by atoms with Crippen LogP contribution in [0.2, 0.25) is 0 Å². The van der Waals surface area contributed by atoms with Gasteiger partial charge in [0, 0.05) is 12.0 Å². The highest BCUT2D eigenvalue weighted by molar-refractivity contribution is 5.90. The fraction of sp³-hybridized carbons (Fsp3) is 0.680. The summed E-state index contributed by atoms with van der Waals surface area (Å²) < 4.78 is 41.3. The molecule has 0 amide bonds. The van der Waals surface area contributed by atoms with E-state index in [9.17, 15) is 18.4 Å². The van der Waals surface area contributed by atoms with Crippen LogP contribution in [0.1, 0.15) is 97.0 Å². The number of carbonyl (C=O) groups is 2. The van der Waals surface area contributed by atoms with Crippen molar-refractivity contribution in [1.82, 2.24) is 0 Å². The van der Waals surface area contributed by atoms with E-state index in [-0.39, 0.29) is 29.5 Å². The predicted octanol–water partition coefficient (Wildman–Crippen LogP) is 7.03. The number of carbonyl (C=O) groups excluding carboxylic acids is 2. The van der Waals surface area contributed by atoms with Gasteiger partial charge in [0.25, 0.3) is 0 Å². The smallest absolute Gasteiger partial charge is 0.341 e. The lowest BCUT2D eigenvalue weighted by Gasteiger charge is -2.18. The van der Waals surface area contributed by atoms with Crippen molar-refractivity contribution < 1.29 is 32.6 Å². The third kappa shape index (κ3) is 13.3. The summed E-state index contributed by atoms with van der Waals surface area (Å²) >= 11 is 0. The third-order valence-corrected chi connectivity index (χ3v) is 4.29. The second kappa shape index (κ2) is 16.5. The Kier molecular flexibility index (Phi) is 16.5. The Balaban J connectivity index is 0. The number of rotatable bonds is 7. The predicted molar refractivity (Wildman–Crippen MR) is 124 cm³/mol. The number of methoxy groups -OCH3 is 1. The number of ether oxygens (including phenoxy) is 3. The molecule has 1 rings (SSSR count). The first-order valence-corrected chi connectivity index (χ1v) is 11.2. The molecule has 1 aromatic carbocycles. The Morgan fingerprint density at radius 2 is 1.66 bits per heavy atom. The molecular weight excluding hydrogens is 418 g/mol. The Labute approximate surface area is 192 Å². The number of hydrogen-bond donors (Lipinski definition) is 0. The van der Waals surface area contributed by atoms with Crippen LogP contribution >= 0.6 is 0 Å². The van der Waals surface area contributed by atoms with Gasteiger partial charge in [0.15, 0.2) is 11.6 Å². The maximum absolute atomic E-state index is 13.7. The van der Waals surface area contributed by atoms with Gasteiger partial charge in [-0.3, -0.25) is 4.79 Å². The molecule has 32 heavy (non-hydrogen) atoms. The highest BCUT2D eigenvalue weighted by Crippen LogP contribution is 2.28. The van der Waals surface area contributed by atoms with Gasteiger partial charge >= 0.3 is 11.9 Å². The molecular formula is C25H42F2O5. The lowest BCUT2D eigenvalue weighted by Crippen LogP contribution is -2.23. The van der Waals surface area contributed by atoms with E-state index >= 15 is 0 Å². The Bertz CT molecular complexity index is 697. The quantitative estimate of drug-likeness (QED) is 0.409. The van der Waals surface area contributed by atoms with Crippen LogP contribution in [0.25, 0.3) is 0 Å². The molecule has 0 aliphatic carbocycles. The lowest BCUT2D eigenvalue weighted by atomic mass is 10.0. The lowest BCUT2D eigenvalue weighted by molar-refractivity contribution is -0.154. The molecule has 1 atom stereocenters. The van der Waals surface area contributed by atoms with Gasteiger partial charge < -0.3 is 14.2 Å². The first kappa shape index (κ1) is 32.0. The molecule has 1 unspecified atom stereocenters. The molecule has 5 nitrogen and oxygen atoms in total. The first-order chi connectivity index (χ1) is 14.8. The summed E-state index contributed by atoms with van der Waals surface area (Å²) in [4.78, 5) is 21.9. The highest BCUT2D eigenvalue weighted by atomic mass is 19.1. The van der Waals surface area contributed by atoms with Crippen molar-refractivity contribution in [2.45, 2.75) is 93.6 Å². The van der Waals surface area contributed by atoms with Gasteiger partial charge in [-0.1, -0.05) is 47.0 Å². The summed E-state index contributed by atoms with van der Waals surface area (Å²) in [5.41, 5.74) is -0.762. The number of halogens is 2. The Morgan fingerprint density at radius 3 is 1.97 bits per heavy atom. The Hall–Kier alpha value is -2.18. The summed E-state index contributed by atoms with van der Waals surface area (Å²) in [5, 5.41) is 0. The summed E-state index contributed by atoms with van der Waals surface area (Å²) in [5.74, 6) is -1.98. The van der Waals surface area contributed by atoms with Crippen molar-refractivity contribution >= 4 is 11.9 Å². The molecule has 0 aliphatic heterocycles. The summed E-state index contributed by atoms with van der Waals surface area (Å²) in [7, 11) is 1.21. The van der Waals surface area contributed by atoms with Gasteiger partial charge in [-0.15, -0.1) is 0 Å². The van der Waals surface area contributed by atoms with E-state index in [1.807, 2.05) is 20.8 Å². The first-order valence-electron chi connectivity index (χ1n) is 11.2. The van der Waals surface area contributed by atoms with Crippen LogP contribution in [0, 0.1) is 24.5 Å². The largest absolute Gasteiger partial charge is 0.493 e. The number of hydrogen-bond acceptors (Lipinski definition) is 5. The average molecular weight is 461 g/mol. The summed E-state index contributed by atoms with van der Waals surface area (Å²) in [6.45, 7) is 17.2. The van der Waals surface area contributed by atoms with Crippen molar-refractivity contribution in [2.24, 2.45) is 5.92 Å². The van der Waals surface area contributed by atoms with Gasteiger partial charge in [0.05, 0.1) is 13.7 Å². The molecule has 0 aliphatic rings. The zero-order valence-corrected chi connectivity index (χ0v) is 21.5. The SMILES string of the molecule is CCC(=O)OC(C)(C)C.CCCC(C)CC.CCOC(=O)c1cc(F)c(C)c(OC)c1F. The Morgan fingerprint density at radius 1 is 1.09 bits per heavy atom. The minimum atomic E-state index is -0.905. The molecule has 7 heteroatoms. The van der Waals surface area contributed by atoms with Gasteiger partial charge in [-0.2, -0.15) is 0 Å². The van der Waals surface area contributed by atoms with E-state index < -0.39 is 23.2 Å². The van der Waals surface area contributed by atoms with Crippen LogP contribution in [0.5, 0.6) is 5.75 Å². The summed E-state index contributed by atoms with van der Waals surface area (Å²) in [6, 6.07) is 0.811. The molecule has 0 spiro atoms. The summed E-state index contributed by atoms with van der Waals surface area (Å²) in [6.07, 6.45) is 4.54. The van der Waals surface area contributed by atoms with Crippen molar-refractivity contribution in [1.29, 1.82) is 0 Å². The van der Waals surface area contributed by atoms with Gasteiger partial charge in [0.1, 0.15) is 17.0 Å². The van der Waals surface area contributed by atoms with Crippen molar-refractivity contribution in [3.63, 3.8) is 0 Å². The van der Waals surface area contributed by atoms with E-state index in [1.165, 1.54) is 33.3 Å². The number of benzene rings is 1. The van der Waals surface area contributed by atoms with Crippen LogP contribution in [0.4, 0.5) is 8.78 Å². The van der Waals surface area contributed by atoms with Crippen molar-refractivity contribution in [3.8, 4) is 5.75 Å². The molecule has 0 saturated carbocycles. The molecule has 0 aromatic heterocycles. The normalized spacial score (nSPS) is 11.2. The van der Waals surface area contributed by atoms with Gasteiger partial charge in [0.2, 0.25) is 0 Å². The van der Waals surface area contributed by atoms with Crippen molar-refractivity contribution in [3.05, 3.63) is 28.8 Å². The molecule has 0 heterocycles. The fourth-order valence-corrected chi connectivity index (χ4v) is 2.40. The van der Waals surface area contributed by atoms with Gasteiger partial charge in [-0.25, -0.2) is 13.6 Å². The third-order valence-electron chi connectivity index (χ3n) is 4.29. The number of esters is 2. The molecule has 0 saturated heterocycles. The van der Waals surface area contributed by atoms with Crippen LogP contribution in [0.15, 0.2) is 6.07 Å². The van der Waals surface area contributed by atoms with E-state index in [4.69, 9.17) is 9.47 Å². The van der Waals surface area contributed by atoms with Crippen LogP contribution < -0.4 is 4.74 Å². The molecule has 186 valence electrons. The molecule has 0 bridgehead atoms. The molecule has 0 N–H and O–H groups in total. The molecule has 0 radical (unpaired) electrons. The topological polar surface area (TPSA) is 61.8 Å². The maximum Gasteiger partial charge on any atom is 0.341 e. The average Bonchev–Trinajstić information content (AvgIpc) is 2.71. The van der Waals surface area contributed by atoms with Crippen LogP contribution in [-0.2, 0) is 14.3 Å². The molecule has 1 aromatic rings. The van der Waals surface area contributed by atoms with E-state index in [0.717, 1.165) is 12.0 Å². The minimum absolute atomic E-state index is 0.0213. The van der Waals surface area contributed by atoms with E-state index in [1.54, 1.807) is 13.8 Å². The second-order valence-corrected chi connectivity index (χ2v) is 8.34. The van der Waals surface area contributed by atoms with Crippen LogP contribution in [0.3, 0.4) is 0 Å². The zero-order valence-electron chi connectivity index (χ0n) is 21.5. The van der Waals surface area contributed by atoms with E-state index in [2.05, 4.69) is 25.5 Å². The standard InChI is InChI=1S/C11H12F2O3.C7H14O2.C7H16/c1-4-16-11(14)7-5-8(12)6(2)10(15-3)9(7)13;1-5-6(8)9-7(2,3)4;1-4-6-7(3)5-2/h5H,4H2,1-3H3;5H2,1-4H3;7H,4-6H2,1-3H3. The van der Waals surface area contributed by atoms with E-state index in [0.29, 0.717) is 6.42 Å². The second-order valence-electron chi connectivity index (χ2n) is 8.34. The van der Waals surface area contributed by atoms with Crippen LogP contribution in [-0.4, -0.2) is 31.3 Å². The minimum Gasteiger partial charge on any atom is -0.493 e. The maximum atomic E-state index is 13.7. The molecule has 0 fully saturated rings. The van der Waals surface area contributed by atoms with Crippen molar-refractivity contribution in [2.75, 3.05) is 13.7 Å². The van der Waals surface area contributed by atoms with Gasteiger partial charge in [-0.05, 0) is 46.6 Å². The monoisotopic (exact) mass is 460 g/mol. The fourth-order valence-electron chi connectivity index (χ4n) is 2.40. The zero-order chi connectivity index (χ0) is 25.5. The highest BCUT2D eigenvalue weighted by Gasteiger charge is 2.21.